The maximum Gasteiger partial charge on any atom is 0.268 e. The van der Waals surface area contributed by atoms with E-state index in [0.717, 1.165) is 0 Å². The Kier molecular flexibility index (Phi) is 4.02. The minimum Gasteiger partial charge on any atom is -0.508 e. The van der Waals surface area contributed by atoms with Crippen molar-refractivity contribution >= 4 is 11.6 Å². The average molecular weight is 313 g/mol. The van der Waals surface area contributed by atoms with Gasteiger partial charge in [0.15, 0.2) is 6.10 Å². The Labute approximate surface area is 133 Å². The molecule has 2 aromatic rings. The van der Waals surface area contributed by atoms with E-state index < -0.39 is 6.10 Å². The number of rotatable bonds is 4. The fourth-order valence-electron chi connectivity index (χ4n) is 2.63. The van der Waals surface area contributed by atoms with E-state index in [9.17, 15) is 14.3 Å². The Morgan fingerprint density at radius 1 is 1.30 bits per heavy atom. The first-order valence-electron chi connectivity index (χ1n) is 7.25. The number of hydrogen-bond acceptors (Lipinski definition) is 3. The van der Waals surface area contributed by atoms with Crippen molar-refractivity contribution in [2.24, 2.45) is 0 Å². The molecule has 0 bridgehead atoms. The van der Waals surface area contributed by atoms with Gasteiger partial charge in [-0.05, 0) is 23.8 Å². The first-order chi connectivity index (χ1) is 11.1. The molecule has 0 fully saturated rings. The van der Waals surface area contributed by atoms with Gasteiger partial charge in [-0.15, -0.1) is 6.58 Å². The molecule has 0 spiro atoms. The molecule has 1 heterocycles. The number of benzene rings is 2. The second-order valence-corrected chi connectivity index (χ2v) is 5.29. The zero-order chi connectivity index (χ0) is 16.4. The van der Waals surface area contributed by atoms with Crippen LogP contribution in [0.25, 0.3) is 0 Å². The Morgan fingerprint density at radius 3 is 2.83 bits per heavy atom. The van der Waals surface area contributed by atoms with E-state index >= 15 is 0 Å². The van der Waals surface area contributed by atoms with E-state index in [1.54, 1.807) is 30.3 Å². The molecular weight excluding hydrogens is 297 g/mol. The summed E-state index contributed by atoms with van der Waals surface area (Å²) in [5.41, 5.74) is 0.977. The molecule has 1 atom stereocenters. The van der Waals surface area contributed by atoms with Crippen molar-refractivity contribution in [3.63, 3.8) is 0 Å². The van der Waals surface area contributed by atoms with E-state index in [-0.39, 0.29) is 23.9 Å². The van der Waals surface area contributed by atoms with Crippen LogP contribution in [0, 0.1) is 5.82 Å². The van der Waals surface area contributed by atoms with E-state index in [4.69, 9.17) is 4.74 Å². The number of fused-ring (bicyclic) bond motifs is 1. The van der Waals surface area contributed by atoms with Gasteiger partial charge in [0.05, 0.1) is 5.69 Å². The van der Waals surface area contributed by atoms with Crippen LogP contribution < -0.4 is 9.64 Å². The van der Waals surface area contributed by atoms with Crippen molar-refractivity contribution in [1.29, 1.82) is 0 Å². The third kappa shape index (κ3) is 2.90. The highest BCUT2D eigenvalue weighted by atomic mass is 19.1. The summed E-state index contributed by atoms with van der Waals surface area (Å²) >= 11 is 0. The van der Waals surface area contributed by atoms with Gasteiger partial charge in [-0.2, -0.15) is 0 Å². The van der Waals surface area contributed by atoms with Gasteiger partial charge < -0.3 is 14.7 Å². The normalized spacial score (nSPS) is 16.7. The van der Waals surface area contributed by atoms with Crippen LogP contribution in [0.4, 0.5) is 10.1 Å². The van der Waals surface area contributed by atoms with Crippen LogP contribution in [0.1, 0.15) is 5.56 Å². The van der Waals surface area contributed by atoms with Crippen LogP contribution >= 0.6 is 0 Å². The molecule has 3 rings (SSSR count). The first-order valence-corrected chi connectivity index (χ1v) is 7.25. The molecule has 1 aliphatic rings. The van der Waals surface area contributed by atoms with Crippen molar-refractivity contribution in [2.75, 3.05) is 11.4 Å². The third-order valence-corrected chi connectivity index (χ3v) is 3.72. The lowest BCUT2D eigenvalue weighted by atomic mass is 10.0. The smallest absolute Gasteiger partial charge is 0.268 e. The van der Waals surface area contributed by atoms with Gasteiger partial charge in [0.2, 0.25) is 0 Å². The molecular formula is C18H16FNO3. The number of carbonyl (C=O) groups is 1. The molecule has 118 valence electrons. The summed E-state index contributed by atoms with van der Waals surface area (Å²) in [7, 11) is 0. The number of carbonyl (C=O) groups excluding carboxylic acids is 1. The molecule has 1 aliphatic heterocycles. The van der Waals surface area contributed by atoms with Gasteiger partial charge in [0, 0.05) is 19.0 Å². The van der Waals surface area contributed by atoms with Gasteiger partial charge in [-0.25, -0.2) is 4.39 Å². The van der Waals surface area contributed by atoms with E-state index in [2.05, 4.69) is 6.58 Å². The summed E-state index contributed by atoms with van der Waals surface area (Å²) in [5, 5.41) is 9.63. The zero-order valence-electron chi connectivity index (χ0n) is 12.4. The molecule has 5 heteroatoms. The Bertz CT molecular complexity index is 760. The Hall–Kier alpha value is -2.82. The van der Waals surface area contributed by atoms with E-state index in [1.807, 2.05) is 0 Å². The number of halogens is 1. The highest BCUT2D eigenvalue weighted by molar-refractivity contribution is 6.00. The molecule has 0 aliphatic carbocycles. The number of amides is 1. The standard InChI is InChI=1S/C18H16FNO3/c1-2-9-20-15-8-7-13(21)11-16(15)23-17(18(20)22)10-12-5-3-4-6-14(12)19/h2-8,11,17,21H,1,9-10H2. The number of anilines is 1. The first kappa shape index (κ1) is 15.1. The van der Waals surface area contributed by atoms with Crippen LogP contribution in [-0.4, -0.2) is 23.7 Å². The predicted molar refractivity (Wildman–Crippen MR) is 85.2 cm³/mol. The topological polar surface area (TPSA) is 49.8 Å². The second-order valence-electron chi connectivity index (χ2n) is 5.29. The van der Waals surface area contributed by atoms with Gasteiger partial charge in [0.25, 0.3) is 5.91 Å². The fraction of sp³-hybridized carbons (Fsp3) is 0.167. The van der Waals surface area contributed by atoms with Gasteiger partial charge in [-0.1, -0.05) is 24.3 Å². The van der Waals surface area contributed by atoms with Gasteiger partial charge in [0.1, 0.15) is 17.3 Å². The fourth-order valence-corrected chi connectivity index (χ4v) is 2.63. The van der Waals surface area contributed by atoms with Crippen molar-refractivity contribution in [1.82, 2.24) is 0 Å². The molecule has 0 radical (unpaired) electrons. The lowest BCUT2D eigenvalue weighted by Gasteiger charge is -2.34. The minimum absolute atomic E-state index is 0.0429. The number of aromatic hydroxyl groups is 1. The summed E-state index contributed by atoms with van der Waals surface area (Å²) in [6.45, 7) is 3.97. The zero-order valence-corrected chi connectivity index (χ0v) is 12.4. The molecule has 23 heavy (non-hydrogen) atoms. The van der Waals surface area contributed by atoms with E-state index in [0.29, 0.717) is 23.5 Å². The molecule has 1 amide bonds. The molecule has 1 unspecified atom stereocenters. The quantitative estimate of drug-likeness (QED) is 0.883. The predicted octanol–water partition coefficient (Wildman–Crippen LogP) is 3.05. The summed E-state index contributed by atoms with van der Waals surface area (Å²) < 4.78 is 19.5. The highest BCUT2D eigenvalue weighted by Gasteiger charge is 2.34. The molecule has 0 saturated carbocycles. The summed E-state index contributed by atoms with van der Waals surface area (Å²) in [5.74, 6) is -0.193. The Balaban J connectivity index is 1.95. The number of phenols is 1. The highest BCUT2D eigenvalue weighted by Crippen LogP contribution is 2.37. The average Bonchev–Trinajstić information content (AvgIpc) is 2.53. The maximum atomic E-state index is 13.8. The van der Waals surface area contributed by atoms with Gasteiger partial charge >= 0.3 is 0 Å². The maximum absolute atomic E-state index is 13.8. The summed E-state index contributed by atoms with van der Waals surface area (Å²) in [4.78, 5) is 14.2. The monoisotopic (exact) mass is 313 g/mol. The molecule has 2 aromatic carbocycles. The van der Waals surface area contributed by atoms with Crippen LogP contribution in [0.2, 0.25) is 0 Å². The van der Waals surface area contributed by atoms with Crippen molar-refractivity contribution in [2.45, 2.75) is 12.5 Å². The SMILES string of the molecule is C=CCN1C(=O)C(Cc2ccccc2F)Oc2cc(O)ccc21. The number of ether oxygens (including phenoxy) is 1. The summed E-state index contributed by atoms with van der Waals surface area (Å²) in [6.07, 6.45) is 0.884. The molecule has 4 nitrogen and oxygen atoms in total. The lowest BCUT2D eigenvalue weighted by molar-refractivity contribution is -0.126. The second kappa shape index (κ2) is 6.12. The number of hydrogen-bond donors (Lipinski definition) is 1. The van der Waals surface area contributed by atoms with Crippen LogP contribution in [0.15, 0.2) is 55.1 Å². The van der Waals surface area contributed by atoms with Crippen LogP contribution in [0.3, 0.4) is 0 Å². The molecule has 0 saturated heterocycles. The van der Waals surface area contributed by atoms with E-state index in [1.165, 1.54) is 23.1 Å². The molecule has 0 aromatic heterocycles. The largest absolute Gasteiger partial charge is 0.508 e. The molecule has 1 N–H and O–H groups in total. The Morgan fingerprint density at radius 2 is 2.09 bits per heavy atom. The van der Waals surface area contributed by atoms with Crippen molar-refractivity contribution in [3.8, 4) is 11.5 Å². The third-order valence-electron chi connectivity index (χ3n) is 3.72. The number of phenolic OH excluding ortho intramolecular Hbond substituents is 1. The number of nitrogens with zero attached hydrogens (tertiary/aromatic N) is 1. The minimum atomic E-state index is -0.846. The van der Waals surface area contributed by atoms with Crippen LogP contribution in [-0.2, 0) is 11.2 Å². The lowest BCUT2D eigenvalue weighted by Crippen LogP contribution is -2.47. The van der Waals surface area contributed by atoms with Crippen LogP contribution in [0.5, 0.6) is 11.5 Å². The van der Waals surface area contributed by atoms with Crippen molar-refractivity contribution in [3.05, 3.63) is 66.5 Å². The van der Waals surface area contributed by atoms with Crippen molar-refractivity contribution < 1.29 is 19.0 Å². The summed E-state index contributed by atoms with van der Waals surface area (Å²) in [6, 6.07) is 10.8. The van der Waals surface area contributed by atoms with Gasteiger partial charge in [-0.3, -0.25) is 4.79 Å².